The van der Waals surface area contributed by atoms with E-state index in [1.165, 1.54) is 6.08 Å². The van der Waals surface area contributed by atoms with Crippen LogP contribution in [-0.2, 0) is 30.5 Å². The molecule has 1 aromatic carbocycles. The lowest BCUT2D eigenvalue weighted by Crippen LogP contribution is -2.64. The van der Waals surface area contributed by atoms with Crippen molar-refractivity contribution in [3.63, 3.8) is 0 Å². The van der Waals surface area contributed by atoms with E-state index in [4.69, 9.17) is 9.47 Å². The molecule has 1 aromatic rings. The number of aliphatic hydroxyl groups excluding tert-OH is 1. The van der Waals surface area contributed by atoms with Crippen molar-refractivity contribution in [2.24, 2.45) is 34.5 Å². The third-order valence-corrected chi connectivity index (χ3v) is 10.2. The van der Waals surface area contributed by atoms with E-state index in [0.717, 1.165) is 11.6 Å². The van der Waals surface area contributed by atoms with Crippen LogP contribution in [0.25, 0.3) is 0 Å². The van der Waals surface area contributed by atoms with Crippen molar-refractivity contribution < 1.29 is 37.7 Å². The minimum absolute atomic E-state index is 0.00987. The number of hydrogen-bond acceptors (Lipinski definition) is 6. The summed E-state index contributed by atoms with van der Waals surface area (Å²) in [6.45, 7) is 6.97. The van der Waals surface area contributed by atoms with Gasteiger partial charge in [-0.05, 0) is 42.7 Å². The van der Waals surface area contributed by atoms with E-state index in [-0.39, 0.29) is 37.4 Å². The topological polar surface area (TPSA) is 89.9 Å². The Labute approximate surface area is 227 Å². The first-order chi connectivity index (χ1) is 18.4. The van der Waals surface area contributed by atoms with Crippen molar-refractivity contribution >= 4 is 17.7 Å². The molecule has 0 heterocycles. The Balaban J connectivity index is 1.56. The Kier molecular flexibility index (Phi) is 6.85. The van der Waals surface area contributed by atoms with Crippen molar-refractivity contribution in [2.45, 2.75) is 77.9 Å². The van der Waals surface area contributed by atoms with Crippen LogP contribution in [0.4, 0.5) is 8.78 Å². The molecular weight excluding hydrogens is 506 g/mol. The number of benzene rings is 1. The largest absolute Gasteiger partial charge is 0.458 e. The molecular formula is C31H36F2O6. The molecule has 210 valence electrons. The second-order valence-electron chi connectivity index (χ2n) is 12.2. The first-order valence-electron chi connectivity index (χ1n) is 13.8. The van der Waals surface area contributed by atoms with E-state index in [2.05, 4.69) is 0 Å². The van der Waals surface area contributed by atoms with Crippen LogP contribution in [0.2, 0.25) is 0 Å². The highest BCUT2D eigenvalue weighted by Crippen LogP contribution is 2.69. The van der Waals surface area contributed by atoms with Gasteiger partial charge in [0, 0.05) is 34.7 Å². The van der Waals surface area contributed by atoms with Gasteiger partial charge in [-0.1, -0.05) is 64.1 Å². The smallest absolute Gasteiger partial charge is 0.351 e. The predicted molar refractivity (Wildman–Crippen MR) is 138 cm³/mol. The zero-order valence-corrected chi connectivity index (χ0v) is 22.8. The monoisotopic (exact) mass is 542 g/mol. The molecule has 3 fully saturated rings. The van der Waals surface area contributed by atoms with E-state index in [9.17, 15) is 23.9 Å². The molecule has 0 bridgehead atoms. The Morgan fingerprint density at radius 2 is 1.85 bits per heavy atom. The fourth-order valence-corrected chi connectivity index (χ4v) is 8.53. The standard InChI is InChI=1S/C31H36F2O6/c1-5-24(36)39-31(28(37)38-16-18-9-7-6-8-10-18)17(2)13-20-19-14-21(32)26-27(33)22(34)11-12-29(26,3)25(19)23(35)15-30(20,31)4/h6-12,17,19-21,23,25,35H,5,13-16H2,1-4H3/t17-,19-,20-,21-,23-,25+,29+,30-,31-/m0/s1. The van der Waals surface area contributed by atoms with Crippen LogP contribution in [0.15, 0.2) is 53.9 Å². The molecule has 0 unspecified atom stereocenters. The number of hydrogen-bond donors (Lipinski definition) is 1. The van der Waals surface area contributed by atoms with Gasteiger partial charge in [-0.3, -0.25) is 9.59 Å². The van der Waals surface area contributed by atoms with Gasteiger partial charge in [0.15, 0.2) is 5.83 Å². The molecule has 0 aromatic heterocycles. The van der Waals surface area contributed by atoms with Gasteiger partial charge in [0.2, 0.25) is 11.4 Å². The Morgan fingerprint density at radius 3 is 2.51 bits per heavy atom. The van der Waals surface area contributed by atoms with Gasteiger partial charge in [-0.15, -0.1) is 0 Å². The minimum atomic E-state index is -1.71. The third-order valence-electron chi connectivity index (χ3n) is 10.2. The lowest BCUT2D eigenvalue weighted by atomic mass is 9.46. The van der Waals surface area contributed by atoms with Crippen molar-refractivity contribution in [1.29, 1.82) is 0 Å². The van der Waals surface area contributed by atoms with Gasteiger partial charge in [-0.25, -0.2) is 13.6 Å². The Hall–Kier alpha value is -2.87. The quantitative estimate of drug-likeness (QED) is 0.515. The Bertz CT molecular complexity index is 1240. The average molecular weight is 543 g/mol. The summed E-state index contributed by atoms with van der Waals surface area (Å²) in [4.78, 5) is 38.9. The summed E-state index contributed by atoms with van der Waals surface area (Å²) in [5, 5.41) is 11.7. The van der Waals surface area contributed by atoms with Gasteiger partial charge < -0.3 is 14.6 Å². The number of allylic oxidation sites excluding steroid dienone is 4. The van der Waals surface area contributed by atoms with Crippen LogP contribution < -0.4 is 0 Å². The fourth-order valence-electron chi connectivity index (χ4n) is 8.53. The highest BCUT2D eigenvalue weighted by Gasteiger charge is 2.74. The van der Waals surface area contributed by atoms with Crippen LogP contribution >= 0.6 is 0 Å². The zero-order valence-electron chi connectivity index (χ0n) is 22.8. The molecule has 0 aliphatic heterocycles. The highest BCUT2D eigenvalue weighted by molar-refractivity contribution is 6.04. The maximum Gasteiger partial charge on any atom is 0.351 e. The molecule has 3 saturated carbocycles. The summed E-state index contributed by atoms with van der Waals surface area (Å²) >= 11 is 0. The van der Waals surface area contributed by atoms with E-state index in [1.54, 1.807) is 13.8 Å². The van der Waals surface area contributed by atoms with Gasteiger partial charge in [0.1, 0.15) is 12.8 Å². The van der Waals surface area contributed by atoms with E-state index in [0.29, 0.717) is 6.42 Å². The minimum Gasteiger partial charge on any atom is -0.458 e. The maximum atomic E-state index is 15.7. The molecule has 0 amide bonds. The van der Waals surface area contributed by atoms with Gasteiger partial charge >= 0.3 is 11.9 Å². The van der Waals surface area contributed by atoms with Gasteiger partial charge in [-0.2, -0.15) is 0 Å². The average Bonchev–Trinajstić information content (AvgIpc) is 3.12. The molecule has 0 radical (unpaired) electrons. The third kappa shape index (κ3) is 3.92. The first kappa shape index (κ1) is 27.7. The lowest BCUT2D eigenvalue weighted by molar-refractivity contribution is -0.220. The molecule has 39 heavy (non-hydrogen) atoms. The molecule has 6 nitrogen and oxygen atoms in total. The number of alkyl halides is 1. The van der Waals surface area contributed by atoms with Gasteiger partial charge in [0.25, 0.3) is 0 Å². The predicted octanol–water partition coefficient (Wildman–Crippen LogP) is 5.19. The number of halogens is 2. The van der Waals surface area contributed by atoms with E-state index in [1.807, 2.05) is 44.2 Å². The number of esters is 2. The highest BCUT2D eigenvalue weighted by atomic mass is 19.1. The summed E-state index contributed by atoms with van der Waals surface area (Å²) in [5.74, 6) is -4.98. The molecule has 8 heteroatoms. The summed E-state index contributed by atoms with van der Waals surface area (Å²) in [6, 6.07) is 9.17. The lowest BCUT2D eigenvalue weighted by Gasteiger charge is -2.60. The van der Waals surface area contributed by atoms with Gasteiger partial charge in [0.05, 0.1) is 6.10 Å². The maximum absolute atomic E-state index is 15.7. The number of aliphatic hydroxyl groups is 1. The zero-order chi connectivity index (χ0) is 28.3. The second-order valence-corrected chi connectivity index (χ2v) is 12.2. The normalized spacial score (nSPS) is 40.9. The summed E-state index contributed by atoms with van der Waals surface area (Å²) in [6.07, 6.45) is 0.338. The number of carbonyl (C=O) groups is 3. The number of ether oxygens (including phenoxy) is 2. The molecule has 5 rings (SSSR count). The summed E-state index contributed by atoms with van der Waals surface area (Å²) < 4.78 is 42.6. The van der Waals surface area contributed by atoms with E-state index >= 15 is 4.39 Å². The van der Waals surface area contributed by atoms with Crippen LogP contribution in [0, 0.1) is 34.5 Å². The second kappa shape index (κ2) is 9.65. The number of ketones is 1. The number of carbonyl (C=O) groups excluding carboxylic acids is 3. The first-order valence-corrected chi connectivity index (χ1v) is 13.8. The number of rotatable bonds is 5. The Morgan fingerprint density at radius 1 is 1.15 bits per heavy atom. The van der Waals surface area contributed by atoms with Crippen molar-refractivity contribution in [2.75, 3.05) is 0 Å². The molecule has 4 aliphatic rings. The van der Waals surface area contributed by atoms with Crippen LogP contribution in [0.3, 0.4) is 0 Å². The number of fused-ring (bicyclic) bond motifs is 5. The molecule has 4 aliphatic carbocycles. The van der Waals surface area contributed by atoms with Crippen molar-refractivity contribution in [3.8, 4) is 0 Å². The fraction of sp³-hybridized carbons (Fsp3) is 0.581. The van der Waals surface area contributed by atoms with Crippen molar-refractivity contribution in [1.82, 2.24) is 0 Å². The molecule has 9 atom stereocenters. The summed E-state index contributed by atoms with van der Waals surface area (Å²) in [5.41, 5.74) is -3.35. The summed E-state index contributed by atoms with van der Waals surface area (Å²) in [7, 11) is 0. The van der Waals surface area contributed by atoms with E-state index < -0.39 is 70.0 Å². The SMILES string of the molecule is CCC(=O)O[C@]1(C(=O)OCc2ccccc2)[C@@H](C)C[C@H]2[C@@H]3C[C@H](F)C4=C(F)C(=O)C=C[C@]4(C)[C@H]3[C@@H](O)C[C@@]21C. The van der Waals surface area contributed by atoms with Crippen molar-refractivity contribution in [3.05, 3.63) is 59.4 Å². The molecule has 1 N–H and O–H groups in total. The van der Waals surface area contributed by atoms with Crippen LogP contribution in [-0.4, -0.2) is 40.7 Å². The molecule has 0 saturated heterocycles. The van der Waals surface area contributed by atoms with Crippen LogP contribution in [0.1, 0.15) is 58.9 Å². The van der Waals surface area contributed by atoms with Crippen LogP contribution in [0.5, 0.6) is 0 Å². The molecule has 0 spiro atoms.